The zero-order valence-corrected chi connectivity index (χ0v) is 12.9. The summed E-state index contributed by atoms with van der Waals surface area (Å²) in [5.74, 6) is 0.0196. The maximum absolute atomic E-state index is 13.6. The van der Waals surface area contributed by atoms with Crippen LogP contribution in [0.15, 0.2) is 36.4 Å². The molecule has 0 saturated carbocycles. The number of carbonyl (C=O) groups excluding carboxylic acids is 1. The fourth-order valence-corrected chi connectivity index (χ4v) is 2.63. The van der Waals surface area contributed by atoms with Crippen molar-refractivity contribution in [2.45, 2.75) is 26.1 Å². The van der Waals surface area contributed by atoms with Gasteiger partial charge in [-0.3, -0.25) is 4.79 Å². The largest absolute Gasteiger partial charge is 0.486 e. The van der Waals surface area contributed by atoms with Crippen molar-refractivity contribution in [3.05, 3.63) is 58.4 Å². The highest BCUT2D eigenvalue weighted by atomic mass is 35.5. The molecule has 22 heavy (non-hydrogen) atoms. The van der Waals surface area contributed by atoms with E-state index in [2.05, 4.69) is 0 Å². The maximum atomic E-state index is 13.6. The molecule has 1 aliphatic heterocycles. The van der Waals surface area contributed by atoms with Crippen molar-refractivity contribution in [1.29, 1.82) is 0 Å². The highest BCUT2D eigenvalue weighted by Gasteiger charge is 2.41. The van der Waals surface area contributed by atoms with E-state index in [-0.39, 0.29) is 18.1 Å². The zero-order chi connectivity index (χ0) is 15.9. The number of hydrogen-bond donors (Lipinski definition) is 0. The van der Waals surface area contributed by atoms with Crippen LogP contribution in [0.2, 0.25) is 5.02 Å². The number of ketones is 1. The second-order valence-electron chi connectivity index (χ2n) is 5.60. The lowest BCUT2D eigenvalue weighted by atomic mass is 9.99. The fraction of sp³-hybridized carbons (Fsp3) is 0.235. The summed E-state index contributed by atoms with van der Waals surface area (Å²) < 4.78 is 24.8. The first-order valence-electron chi connectivity index (χ1n) is 6.82. The Kier molecular flexibility index (Phi) is 3.57. The van der Waals surface area contributed by atoms with Crippen LogP contribution in [0.25, 0.3) is 0 Å². The Morgan fingerprint density at radius 1 is 1.27 bits per heavy atom. The molecule has 0 spiro atoms. The van der Waals surface area contributed by atoms with Crippen LogP contribution in [0.3, 0.4) is 0 Å². The predicted molar refractivity (Wildman–Crippen MR) is 81.2 cm³/mol. The smallest absolute Gasteiger partial charge is 0.209 e. The lowest BCUT2D eigenvalue weighted by Crippen LogP contribution is -2.32. The first kappa shape index (κ1) is 14.9. The van der Waals surface area contributed by atoms with E-state index < -0.39 is 11.4 Å². The second kappa shape index (κ2) is 5.29. The summed E-state index contributed by atoms with van der Waals surface area (Å²) in [6.07, 6.45) is 0. The molecule has 0 bridgehead atoms. The molecule has 3 nitrogen and oxygen atoms in total. The molecule has 0 unspecified atom stereocenters. The molecular weight excluding hydrogens is 307 g/mol. The average Bonchev–Trinajstić information content (AvgIpc) is 2.69. The molecule has 5 heteroatoms. The molecule has 0 fully saturated rings. The molecule has 0 atom stereocenters. The van der Waals surface area contributed by atoms with Gasteiger partial charge in [0.1, 0.15) is 12.4 Å². The third-order valence-electron chi connectivity index (χ3n) is 3.50. The molecule has 1 aliphatic rings. The van der Waals surface area contributed by atoms with E-state index in [1.54, 1.807) is 38.1 Å². The summed E-state index contributed by atoms with van der Waals surface area (Å²) in [5.41, 5.74) is 0.119. The number of halogens is 2. The van der Waals surface area contributed by atoms with Gasteiger partial charge in [-0.1, -0.05) is 23.7 Å². The van der Waals surface area contributed by atoms with Crippen molar-refractivity contribution in [1.82, 2.24) is 0 Å². The van der Waals surface area contributed by atoms with E-state index in [1.807, 2.05) is 0 Å². The van der Waals surface area contributed by atoms with Crippen molar-refractivity contribution < 1.29 is 18.7 Å². The number of benzene rings is 2. The topological polar surface area (TPSA) is 35.5 Å². The Labute approximate surface area is 132 Å². The minimum atomic E-state index is -0.931. The van der Waals surface area contributed by atoms with Crippen LogP contribution in [0, 0.1) is 5.82 Å². The summed E-state index contributed by atoms with van der Waals surface area (Å²) in [7, 11) is 0. The van der Waals surface area contributed by atoms with E-state index in [0.717, 1.165) is 0 Å². The quantitative estimate of drug-likeness (QED) is 0.840. The number of carbonyl (C=O) groups is 1. The van der Waals surface area contributed by atoms with Crippen LogP contribution >= 0.6 is 11.6 Å². The minimum absolute atomic E-state index is 0.0627. The van der Waals surface area contributed by atoms with E-state index in [9.17, 15) is 9.18 Å². The first-order valence-corrected chi connectivity index (χ1v) is 7.20. The van der Waals surface area contributed by atoms with Crippen molar-refractivity contribution in [2.75, 3.05) is 0 Å². The average molecular weight is 321 g/mol. The second-order valence-corrected chi connectivity index (χ2v) is 6.04. The summed E-state index contributed by atoms with van der Waals surface area (Å²) >= 11 is 6.06. The lowest BCUT2D eigenvalue weighted by molar-refractivity contribution is 0.0680. The van der Waals surface area contributed by atoms with E-state index in [1.165, 1.54) is 12.1 Å². The standard InChI is InChI=1S/C17H14ClFO3/c1-17(2)16(20)12-8-11(18)7-10(15(12)22-17)9-21-14-6-4-3-5-13(14)19/h3-8H,9H2,1-2H3. The molecule has 2 aromatic rings. The summed E-state index contributed by atoms with van der Waals surface area (Å²) in [5, 5.41) is 0.417. The number of hydrogen-bond acceptors (Lipinski definition) is 3. The van der Waals surface area contributed by atoms with Crippen LogP contribution in [0.5, 0.6) is 11.5 Å². The summed E-state index contributed by atoms with van der Waals surface area (Å²) in [6, 6.07) is 9.38. The molecule has 3 rings (SSSR count). The van der Waals surface area contributed by atoms with Gasteiger partial charge in [-0.15, -0.1) is 0 Å². The SMILES string of the molecule is CC1(C)Oc2c(COc3ccccc3F)cc(Cl)cc2C1=O. The Morgan fingerprint density at radius 3 is 2.73 bits per heavy atom. The number of ether oxygens (including phenoxy) is 2. The van der Waals surface area contributed by atoms with Crippen molar-refractivity contribution in [3.8, 4) is 11.5 Å². The van der Waals surface area contributed by atoms with E-state index >= 15 is 0 Å². The monoisotopic (exact) mass is 320 g/mol. The first-order chi connectivity index (χ1) is 10.4. The third kappa shape index (κ3) is 2.55. The molecule has 0 radical (unpaired) electrons. The van der Waals surface area contributed by atoms with Gasteiger partial charge in [0, 0.05) is 10.6 Å². The van der Waals surface area contributed by atoms with Gasteiger partial charge in [-0.25, -0.2) is 4.39 Å². The van der Waals surface area contributed by atoms with Gasteiger partial charge in [-0.05, 0) is 38.1 Å². The van der Waals surface area contributed by atoms with Crippen molar-refractivity contribution in [3.63, 3.8) is 0 Å². The van der Waals surface area contributed by atoms with Crippen LogP contribution in [0.1, 0.15) is 29.8 Å². The molecule has 0 aromatic heterocycles. The lowest BCUT2D eigenvalue weighted by Gasteiger charge is -2.16. The van der Waals surface area contributed by atoms with Gasteiger partial charge >= 0.3 is 0 Å². The molecular formula is C17H14ClFO3. The molecule has 0 N–H and O–H groups in total. The maximum Gasteiger partial charge on any atom is 0.209 e. The van der Waals surface area contributed by atoms with Gasteiger partial charge in [0.15, 0.2) is 17.2 Å². The number of Topliss-reactive ketones (excluding diaryl/α,β-unsaturated/α-hetero) is 1. The Morgan fingerprint density at radius 2 is 2.00 bits per heavy atom. The fourth-order valence-electron chi connectivity index (χ4n) is 2.39. The molecule has 114 valence electrons. The van der Waals surface area contributed by atoms with Crippen LogP contribution in [0.4, 0.5) is 4.39 Å². The van der Waals surface area contributed by atoms with Gasteiger partial charge < -0.3 is 9.47 Å². The molecule has 2 aromatic carbocycles. The van der Waals surface area contributed by atoms with Crippen LogP contribution in [-0.2, 0) is 6.61 Å². The van der Waals surface area contributed by atoms with Gasteiger partial charge in [0.25, 0.3) is 0 Å². The predicted octanol–water partition coefficient (Wildman–Crippen LogP) is 4.41. The Balaban J connectivity index is 1.92. The molecule has 0 saturated heterocycles. The molecule has 0 aliphatic carbocycles. The van der Waals surface area contributed by atoms with E-state index in [0.29, 0.717) is 21.9 Å². The normalized spacial score (nSPS) is 15.4. The number of para-hydroxylation sites is 1. The third-order valence-corrected chi connectivity index (χ3v) is 3.72. The minimum Gasteiger partial charge on any atom is -0.486 e. The van der Waals surface area contributed by atoms with Crippen LogP contribution in [-0.4, -0.2) is 11.4 Å². The number of fused-ring (bicyclic) bond motifs is 1. The molecule has 1 heterocycles. The Bertz CT molecular complexity index is 756. The van der Waals surface area contributed by atoms with Crippen molar-refractivity contribution >= 4 is 17.4 Å². The highest BCUT2D eigenvalue weighted by molar-refractivity contribution is 6.31. The summed E-state index contributed by atoms with van der Waals surface area (Å²) in [6.45, 7) is 3.46. The summed E-state index contributed by atoms with van der Waals surface area (Å²) in [4.78, 5) is 12.3. The highest BCUT2D eigenvalue weighted by Crippen LogP contribution is 2.40. The number of rotatable bonds is 3. The van der Waals surface area contributed by atoms with Gasteiger partial charge in [-0.2, -0.15) is 0 Å². The molecule has 0 amide bonds. The Hall–Kier alpha value is -2.07. The van der Waals surface area contributed by atoms with E-state index in [4.69, 9.17) is 21.1 Å². The van der Waals surface area contributed by atoms with Gasteiger partial charge in [0.05, 0.1) is 5.56 Å². The van der Waals surface area contributed by atoms with Crippen LogP contribution < -0.4 is 9.47 Å². The van der Waals surface area contributed by atoms with Gasteiger partial charge in [0.2, 0.25) is 5.78 Å². The van der Waals surface area contributed by atoms with Crippen molar-refractivity contribution in [2.24, 2.45) is 0 Å². The zero-order valence-electron chi connectivity index (χ0n) is 12.2.